The molecule has 0 spiro atoms. The molecule has 0 aromatic carbocycles. The molecular weight excluding hydrogens is 192 g/mol. The fraction of sp³-hybridized carbons (Fsp3) is 0.182. The number of rotatable bonds is 3. The summed E-state index contributed by atoms with van der Waals surface area (Å²) in [5, 5.41) is 8.97. The van der Waals surface area contributed by atoms with E-state index in [0.29, 0.717) is 11.4 Å². The van der Waals surface area contributed by atoms with Crippen molar-refractivity contribution in [3.8, 4) is 0 Å². The molecule has 4 nitrogen and oxygen atoms in total. The molecule has 0 aliphatic rings. The zero-order valence-electron chi connectivity index (χ0n) is 8.64. The van der Waals surface area contributed by atoms with Crippen LogP contribution in [0, 0.1) is 0 Å². The smallest absolute Gasteiger partial charge is 0.336 e. The summed E-state index contributed by atoms with van der Waals surface area (Å²) in [7, 11) is 0. The molecular formula is C11H12N2O2. The standard InChI is InChI=1S/C11H12N2O2/c1-3-8(9(4-2)11(14)15)10-12-6-5-7-13-10/h3-7H,1-2H3,(H,14,15). The van der Waals surface area contributed by atoms with Gasteiger partial charge in [-0.25, -0.2) is 14.8 Å². The molecule has 0 aliphatic heterocycles. The molecule has 0 saturated carbocycles. The van der Waals surface area contributed by atoms with E-state index in [4.69, 9.17) is 5.11 Å². The number of carboxylic acids is 1. The Kier molecular flexibility index (Phi) is 3.74. The van der Waals surface area contributed by atoms with Gasteiger partial charge in [0.05, 0.1) is 5.57 Å². The molecule has 1 aromatic heterocycles. The third kappa shape index (κ3) is 2.49. The van der Waals surface area contributed by atoms with E-state index < -0.39 is 5.97 Å². The number of aromatic nitrogens is 2. The van der Waals surface area contributed by atoms with Crippen LogP contribution in [0.3, 0.4) is 0 Å². The summed E-state index contributed by atoms with van der Waals surface area (Å²) in [5.74, 6) is -0.548. The first kappa shape index (κ1) is 11.1. The van der Waals surface area contributed by atoms with Crippen LogP contribution < -0.4 is 0 Å². The molecule has 0 radical (unpaired) electrons. The summed E-state index contributed by atoms with van der Waals surface area (Å²) in [6.07, 6.45) is 6.40. The highest BCUT2D eigenvalue weighted by atomic mass is 16.4. The Labute approximate surface area is 88.0 Å². The van der Waals surface area contributed by atoms with Crippen LogP contribution in [0.4, 0.5) is 0 Å². The van der Waals surface area contributed by atoms with Crippen molar-refractivity contribution in [2.75, 3.05) is 0 Å². The fourth-order valence-corrected chi connectivity index (χ4v) is 1.24. The average molecular weight is 204 g/mol. The van der Waals surface area contributed by atoms with Gasteiger partial charge in [-0.3, -0.25) is 0 Å². The number of aliphatic carboxylic acids is 1. The molecule has 1 heterocycles. The first-order valence-corrected chi connectivity index (χ1v) is 4.54. The molecule has 0 atom stereocenters. The lowest BCUT2D eigenvalue weighted by Gasteiger charge is -2.05. The van der Waals surface area contributed by atoms with Gasteiger partial charge in [-0.05, 0) is 19.9 Å². The molecule has 0 bridgehead atoms. The predicted molar refractivity (Wildman–Crippen MR) is 57.1 cm³/mol. The van der Waals surface area contributed by atoms with Gasteiger partial charge >= 0.3 is 5.97 Å². The molecule has 0 amide bonds. The van der Waals surface area contributed by atoms with Crippen LogP contribution in [0.15, 0.2) is 36.2 Å². The Morgan fingerprint density at radius 2 is 1.87 bits per heavy atom. The maximum Gasteiger partial charge on any atom is 0.336 e. The van der Waals surface area contributed by atoms with Crippen LogP contribution in [-0.4, -0.2) is 21.0 Å². The van der Waals surface area contributed by atoms with E-state index in [9.17, 15) is 4.79 Å². The quantitative estimate of drug-likeness (QED) is 0.603. The molecule has 1 N–H and O–H groups in total. The van der Waals surface area contributed by atoms with Crippen molar-refractivity contribution in [1.29, 1.82) is 0 Å². The van der Waals surface area contributed by atoms with Gasteiger partial charge in [0.1, 0.15) is 0 Å². The zero-order chi connectivity index (χ0) is 11.3. The van der Waals surface area contributed by atoms with E-state index in [1.165, 1.54) is 6.08 Å². The average Bonchev–Trinajstić information content (AvgIpc) is 2.26. The molecule has 0 aliphatic carbocycles. The van der Waals surface area contributed by atoms with E-state index in [2.05, 4.69) is 9.97 Å². The van der Waals surface area contributed by atoms with Gasteiger partial charge in [0.2, 0.25) is 0 Å². The minimum atomic E-state index is -0.974. The summed E-state index contributed by atoms with van der Waals surface area (Å²) in [6, 6.07) is 1.69. The van der Waals surface area contributed by atoms with Crippen LogP contribution in [0.1, 0.15) is 19.7 Å². The molecule has 1 rings (SSSR count). The summed E-state index contributed by atoms with van der Waals surface area (Å²) in [6.45, 7) is 3.44. The minimum Gasteiger partial charge on any atom is -0.478 e. The van der Waals surface area contributed by atoms with Gasteiger partial charge in [0.25, 0.3) is 0 Å². The van der Waals surface area contributed by atoms with Gasteiger partial charge in [-0.1, -0.05) is 12.2 Å². The van der Waals surface area contributed by atoms with E-state index in [-0.39, 0.29) is 5.57 Å². The number of carboxylic acid groups (broad SMARTS) is 1. The number of hydrogen-bond donors (Lipinski definition) is 1. The molecule has 0 fully saturated rings. The Hall–Kier alpha value is -1.97. The van der Waals surface area contributed by atoms with Crippen molar-refractivity contribution in [3.63, 3.8) is 0 Å². The van der Waals surface area contributed by atoms with E-state index in [1.54, 1.807) is 38.4 Å². The Bertz CT molecular complexity index is 408. The summed E-state index contributed by atoms with van der Waals surface area (Å²) >= 11 is 0. The van der Waals surface area contributed by atoms with Crippen LogP contribution in [0.2, 0.25) is 0 Å². The van der Waals surface area contributed by atoms with Crippen molar-refractivity contribution in [3.05, 3.63) is 42.0 Å². The third-order valence-corrected chi connectivity index (χ3v) is 1.90. The number of hydrogen-bond acceptors (Lipinski definition) is 3. The predicted octanol–water partition coefficient (Wildman–Crippen LogP) is 1.91. The fourth-order valence-electron chi connectivity index (χ4n) is 1.24. The second kappa shape index (κ2) is 5.05. The Morgan fingerprint density at radius 3 is 2.27 bits per heavy atom. The second-order valence-electron chi connectivity index (χ2n) is 2.78. The van der Waals surface area contributed by atoms with Gasteiger partial charge in [-0.2, -0.15) is 0 Å². The summed E-state index contributed by atoms with van der Waals surface area (Å²) < 4.78 is 0. The Morgan fingerprint density at radius 1 is 1.27 bits per heavy atom. The topological polar surface area (TPSA) is 63.1 Å². The number of nitrogens with zero attached hydrogens (tertiary/aromatic N) is 2. The largest absolute Gasteiger partial charge is 0.478 e. The second-order valence-corrected chi connectivity index (χ2v) is 2.78. The van der Waals surface area contributed by atoms with Crippen LogP contribution in [-0.2, 0) is 4.79 Å². The highest BCUT2D eigenvalue weighted by Gasteiger charge is 2.14. The van der Waals surface area contributed by atoms with Crippen molar-refractivity contribution in [1.82, 2.24) is 9.97 Å². The normalized spacial score (nSPS) is 12.7. The molecule has 4 heteroatoms. The van der Waals surface area contributed by atoms with E-state index in [0.717, 1.165) is 0 Å². The lowest BCUT2D eigenvalue weighted by Crippen LogP contribution is -2.05. The molecule has 0 unspecified atom stereocenters. The SMILES string of the molecule is CC=C(C(=O)O)C(=CC)c1ncccn1. The van der Waals surface area contributed by atoms with Gasteiger partial charge in [-0.15, -0.1) is 0 Å². The van der Waals surface area contributed by atoms with Crippen LogP contribution in [0.25, 0.3) is 5.57 Å². The molecule has 78 valence electrons. The molecule has 1 aromatic rings. The van der Waals surface area contributed by atoms with E-state index in [1.807, 2.05) is 0 Å². The van der Waals surface area contributed by atoms with Crippen molar-refractivity contribution >= 4 is 11.5 Å². The highest BCUT2D eigenvalue weighted by molar-refractivity contribution is 6.04. The summed E-state index contributed by atoms with van der Waals surface area (Å²) in [4.78, 5) is 19.0. The van der Waals surface area contributed by atoms with Gasteiger partial charge < -0.3 is 5.11 Å². The molecule has 15 heavy (non-hydrogen) atoms. The Balaban J connectivity index is 3.17. The monoisotopic (exact) mass is 204 g/mol. The zero-order valence-corrected chi connectivity index (χ0v) is 8.64. The first-order chi connectivity index (χ1) is 7.20. The third-order valence-electron chi connectivity index (χ3n) is 1.90. The summed E-state index contributed by atoms with van der Waals surface area (Å²) in [5.41, 5.74) is 0.745. The van der Waals surface area contributed by atoms with Crippen LogP contribution in [0.5, 0.6) is 0 Å². The van der Waals surface area contributed by atoms with Crippen molar-refractivity contribution < 1.29 is 9.90 Å². The maximum absolute atomic E-state index is 10.9. The minimum absolute atomic E-state index is 0.212. The van der Waals surface area contributed by atoms with Gasteiger partial charge in [0, 0.05) is 18.0 Å². The van der Waals surface area contributed by atoms with E-state index >= 15 is 0 Å². The van der Waals surface area contributed by atoms with Crippen LogP contribution >= 0.6 is 0 Å². The van der Waals surface area contributed by atoms with Crippen molar-refractivity contribution in [2.45, 2.75) is 13.8 Å². The number of carbonyl (C=O) groups is 1. The lowest BCUT2D eigenvalue weighted by molar-refractivity contribution is -0.132. The lowest BCUT2D eigenvalue weighted by atomic mass is 10.1. The highest BCUT2D eigenvalue weighted by Crippen LogP contribution is 2.19. The van der Waals surface area contributed by atoms with Gasteiger partial charge in [0.15, 0.2) is 5.82 Å². The maximum atomic E-state index is 10.9. The molecule has 0 saturated heterocycles. The first-order valence-electron chi connectivity index (χ1n) is 4.54. The van der Waals surface area contributed by atoms with Crippen molar-refractivity contribution in [2.24, 2.45) is 0 Å². The number of allylic oxidation sites excluding steroid dienone is 2.